The lowest BCUT2D eigenvalue weighted by molar-refractivity contribution is 0.0898. The molecule has 0 rings (SSSR count). The average Bonchev–Trinajstić information content (AvgIpc) is 2.11. The van der Waals surface area contributed by atoms with Crippen LogP contribution in [0.5, 0.6) is 0 Å². The van der Waals surface area contributed by atoms with Crippen molar-refractivity contribution in [3.63, 3.8) is 0 Å². The SMILES string of the molecule is COCCCOCCN(C)CCCl. The second-order valence-electron chi connectivity index (χ2n) is 2.95. The van der Waals surface area contributed by atoms with Crippen molar-refractivity contribution < 1.29 is 9.47 Å². The number of methoxy groups -OCH3 is 1. The molecule has 0 aromatic heterocycles. The van der Waals surface area contributed by atoms with Crippen molar-refractivity contribution in [2.24, 2.45) is 0 Å². The Morgan fingerprint density at radius 2 is 1.92 bits per heavy atom. The molecular weight excluding hydrogens is 190 g/mol. The Labute approximate surface area is 85.9 Å². The van der Waals surface area contributed by atoms with Crippen LogP contribution in [0.3, 0.4) is 0 Å². The maximum absolute atomic E-state index is 5.58. The van der Waals surface area contributed by atoms with E-state index < -0.39 is 0 Å². The zero-order valence-electron chi connectivity index (χ0n) is 8.59. The number of rotatable bonds is 9. The van der Waals surface area contributed by atoms with E-state index >= 15 is 0 Å². The van der Waals surface area contributed by atoms with Crippen LogP contribution >= 0.6 is 11.6 Å². The summed E-state index contributed by atoms with van der Waals surface area (Å²) in [5.74, 6) is 0.681. The highest BCUT2D eigenvalue weighted by Gasteiger charge is 1.96. The molecule has 80 valence electrons. The molecule has 0 bridgehead atoms. The molecule has 3 nitrogen and oxygen atoms in total. The van der Waals surface area contributed by atoms with Gasteiger partial charge in [-0.3, -0.25) is 0 Å². The summed E-state index contributed by atoms with van der Waals surface area (Å²) in [6.07, 6.45) is 0.968. The Hall–Kier alpha value is 0.170. The number of ether oxygens (including phenoxy) is 2. The molecule has 0 aromatic carbocycles. The van der Waals surface area contributed by atoms with Crippen LogP contribution in [0.1, 0.15) is 6.42 Å². The number of nitrogens with zero attached hydrogens (tertiary/aromatic N) is 1. The van der Waals surface area contributed by atoms with Crippen LogP contribution in [0.2, 0.25) is 0 Å². The summed E-state index contributed by atoms with van der Waals surface area (Å²) >= 11 is 5.58. The lowest BCUT2D eigenvalue weighted by atomic mass is 10.5. The summed E-state index contributed by atoms with van der Waals surface area (Å²) in [6.45, 7) is 4.19. The van der Waals surface area contributed by atoms with E-state index in [0.29, 0.717) is 5.88 Å². The molecular formula is C9H20ClNO2. The Bertz CT molecular complexity index is 104. The Morgan fingerprint density at radius 3 is 2.54 bits per heavy atom. The van der Waals surface area contributed by atoms with Crippen molar-refractivity contribution in [3.05, 3.63) is 0 Å². The van der Waals surface area contributed by atoms with Crippen LogP contribution in [-0.2, 0) is 9.47 Å². The van der Waals surface area contributed by atoms with Crippen molar-refractivity contribution in [1.82, 2.24) is 4.90 Å². The van der Waals surface area contributed by atoms with Gasteiger partial charge in [-0.05, 0) is 13.5 Å². The lowest BCUT2D eigenvalue weighted by Gasteiger charge is -2.14. The van der Waals surface area contributed by atoms with Gasteiger partial charge in [0.25, 0.3) is 0 Å². The maximum atomic E-state index is 5.58. The first kappa shape index (κ1) is 13.2. The third kappa shape index (κ3) is 10.1. The molecule has 0 amide bonds. The highest BCUT2D eigenvalue weighted by Crippen LogP contribution is 1.87. The molecule has 0 spiro atoms. The van der Waals surface area contributed by atoms with Crippen molar-refractivity contribution in [2.75, 3.05) is 52.9 Å². The molecule has 0 N–H and O–H groups in total. The first-order valence-corrected chi connectivity index (χ1v) is 5.16. The zero-order valence-corrected chi connectivity index (χ0v) is 9.35. The molecule has 0 heterocycles. The number of likely N-dealkylation sites (N-methyl/N-ethyl adjacent to an activating group) is 1. The van der Waals surface area contributed by atoms with Gasteiger partial charge in [-0.15, -0.1) is 11.6 Å². The quantitative estimate of drug-likeness (QED) is 0.421. The normalized spacial score (nSPS) is 11.1. The standard InChI is InChI=1S/C9H20ClNO2/c1-11(5-4-10)6-9-13-8-3-7-12-2/h3-9H2,1-2H3. The van der Waals surface area contributed by atoms with Crippen LogP contribution in [0.15, 0.2) is 0 Å². The molecule has 0 saturated heterocycles. The molecule has 13 heavy (non-hydrogen) atoms. The van der Waals surface area contributed by atoms with E-state index in [-0.39, 0.29) is 0 Å². The predicted molar refractivity (Wildman–Crippen MR) is 55.5 cm³/mol. The van der Waals surface area contributed by atoms with Crippen LogP contribution < -0.4 is 0 Å². The van der Waals surface area contributed by atoms with Gasteiger partial charge in [0.15, 0.2) is 0 Å². The minimum absolute atomic E-state index is 0.681. The summed E-state index contributed by atoms with van der Waals surface area (Å²) in [4.78, 5) is 2.16. The average molecular weight is 210 g/mol. The molecule has 0 unspecified atom stereocenters. The Kier molecular flexibility index (Phi) is 10.4. The fraction of sp³-hybridized carbons (Fsp3) is 1.00. The largest absolute Gasteiger partial charge is 0.385 e. The number of alkyl halides is 1. The molecule has 0 fully saturated rings. The van der Waals surface area contributed by atoms with Gasteiger partial charge in [0, 0.05) is 39.3 Å². The van der Waals surface area contributed by atoms with Gasteiger partial charge in [-0.25, -0.2) is 0 Å². The second kappa shape index (κ2) is 10.3. The van der Waals surface area contributed by atoms with Crippen molar-refractivity contribution in [1.29, 1.82) is 0 Å². The van der Waals surface area contributed by atoms with Gasteiger partial charge in [0.05, 0.1) is 6.61 Å². The highest BCUT2D eigenvalue weighted by atomic mass is 35.5. The number of hydrogen-bond donors (Lipinski definition) is 0. The van der Waals surface area contributed by atoms with E-state index in [9.17, 15) is 0 Å². The summed E-state index contributed by atoms with van der Waals surface area (Å²) in [5, 5.41) is 0. The molecule has 0 aliphatic rings. The third-order valence-electron chi connectivity index (χ3n) is 1.72. The lowest BCUT2D eigenvalue weighted by Crippen LogP contribution is -2.25. The summed E-state index contributed by atoms with van der Waals surface area (Å²) in [6, 6.07) is 0. The Balaban J connectivity index is 2.97. The number of hydrogen-bond acceptors (Lipinski definition) is 3. The summed E-state index contributed by atoms with van der Waals surface area (Å²) < 4.78 is 10.3. The van der Waals surface area contributed by atoms with Gasteiger partial charge in [-0.2, -0.15) is 0 Å². The van der Waals surface area contributed by atoms with E-state index in [1.165, 1.54) is 0 Å². The predicted octanol–water partition coefficient (Wildman–Crippen LogP) is 1.21. The smallest absolute Gasteiger partial charge is 0.0593 e. The zero-order chi connectivity index (χ0) is 9.94. The van der Waals surface area contributed by atoms with Gasteiger partial charge >= 0.3 is 0 Å². The molecule has 0 saturated carbocycles. The first-order valence-electron chi connectivity index (χ1n) is 4.62. The van der Waals surface area contributed by atoms with E-state index in [4.69, 9.17) is 21.1 Å². The van der Waals surface area contributed by atoms with Gasteiger partial charge in [0.1, 0.15) is 0 Å². The highest BCUT2D eigenvalue weighted by molar-refractivity contribution is 6.18. The van der Waals surface area contributed by atoms with Crippen molar-refractivity contribution in [2.45, 2.75) is 6.42 Å². The molecule has 0 aliphatic carbocycles. The summed E-state index contributed by atoms with van der Waals surface area (Å²) in [7, 11) is 3.75. The van der Waals surface area contributed by atoms with Crippen LogP contribution in [0, 0.1) is 0 Å². The molecule has 0 aliphatic heterocycles. The fourth-order valence-electron chi connectivity index (χ4n) is 0.884. The monoisotopic (exact) mass is 209 g/mol. The van der Waals surface area contributed by atoms with E-state index in [1.54, 1.807) is 7.11 Å². The molecule has 4 heteroatoms. The van der Waals surface area contributed by atoms with Crippen molar-refractivity contribution >= 4 is 11.6 Å². The maximum Gasteiger partial charge on any atom is 0.0593 e. The van der Waals surface area contributed by atoms with Crippen molar-refractivity contribution in [3.8, 4) is 0 Å². The van der Waals surface area contributed by atoms with E-state index in [2.05, 4.69) is 4.90 Å². The summed E-state index contributed by atoms with van der Waals surface area (Å²) in [5.41, 5.74) is 0. The minimum atomic E-state index is 0.681. The van der Waals surface area contributed by atoms with Crippen LogP contribution in [0.4, 0.5) is 0 Å². The number of halogens is 1. The Morgan fingerprint density at radius 1 is 1.15 bits per heavy atom. The molecule has 0 radical (unpaired) electrons. The van der Waals surface area contributed by atoms with Crippen LogP contribution in [-0.4, -0.2) is 57.8 Å². The fourth-order valence-corrected chi connectivity index (χ4v) is 1.17. The van der Waals surface area contributed by atoms with Gasteiger partial charge < -0.3 is 14.4 Å². The van der Waals surface area contributed by atoms with Gasteiger partial charge in [-0.1, -0.05) is 0 Å². The van der Waals surface area contributed by atoms with E-state index in [0.717, 1.165) is 39.3 Å². The van der Waals surface area contributed by atoms with Crippen LogP contribution in [0.25, 0.3) is 0 Å². The molecule has 0 atom stereocenters. The van der Waals surface area contributed by atoms with Gasteiger partial charge in [0.2, 0.25) is 0 Å². The first-order chi connectivity index (χ1) is 6.31. The molecule has 0 aromatic rings. The second-order valence-corrected chi connectivity index (χ2v) is 3.33. The van der Waals surface area contributed by atoms with E-state index in [1.807, 2.05) is 7.05 Å². The minimum Gasteiger partial charge on any atom is -0.385 e. The topological polar surface area (TPSA) is 21.7 Å². The third-order valence-corrected chi connectivity index (χ3v) is 1.89.